The van der Waals surface area contributed by atoms with Gasteiger partial charge < -0.3 is 0 Å². The Morgan fingerprint density at radius 3 is 2.30 bits per heavy atom. The summed E-state index contributed by atoms with van der Waals surface area (Å²) >= 11 is 0. The number of halogens is 3. The number of alkyl halides is 3. The van der Waals surface area contributed by atoms with Crippen molar-refractivity contribution in [3.63, 3.8) is 0 Å². The number of pyridine rings is 1. The van der Waals surface area contributed by atoms with Crippen molar-refractivity contribution in [2.24, 2.45) is 4.99 Å². The van der Waals surface area contributed by atoms with E-state index < -0.39 is 11.7 Å². The first-order chi connectivity index (χ1) is 9.50. The summed E-state index contributed by atoms with van der Waals surface area (Å²) < 4.78 is 37.2. The van der Waals surface area contributed by atoms with E-state index in [4.69, 9.17) is 5.26 Å². The minimum atomic E-state index is -4.39. The molecule has 0 aliphatic heterocycles. The van der Waals surface area contributed by atoms with Gasteiger partial charge in [-0.05, 0) is 36.4 Å². The fraction of sp³-hybridized carbons (Fsp3) is 0.0714. The molecular weight excluding hydrogens is 267 g/mol. The lowest BCUT2D eigenvalue weighted by molar-refractivity contribution is -0.137. The number of nitriles is 1. The number of hydrogen-bond donors (Lipinski definition) is 0. The molecule has 0 saturated carbocycles. The van der Waals surface area contributed by atoms with E-state index in [1.165, 1.54) is 18.3 Å². The number of nitrogens with zero attached hydrogens (tertiary/aromatic N) is 3. The number of hydrogen-bond acceptors (Lipinski definition) is 3. The molecule has 3 nitrogen and oxygen atoms in total. The van der Waals surface area contributed by atoms with Crippen molar-refractivity contribution >= 4 is 11.4 Å². The molecule has 0 spiro atoms. The smallest absolute Gasteiger partial charge is 0.254 e. The minimum Gasteiger partial charge on any atom is -0.254 e. The number of benzene rings is 1. The lowest BCUT2D eigenvalue weighted by atomic mass is 10.2. The van der Waals surface area contributed by atoms with E-state index in [0.29, 0.717) is 5.69 Å². The zero-order chi connectivity index (χ0) is 14.6. The van der Waals surface area contributed by atoms with Crippen LogP contribution < -0.4 is 0 Å². The number of aromatic nitrogens is 1. The van der Waals surface area contributed by atoms with Crippen LogP contribution in [-0.2, 0) is 6.18 Å². The highest BCUT2D eigenvalue weighted by molar-refractivity contribution is 6.11. The summed E-state index contributed by atoms with van der Waals surface area (Å²) in [6.07, 6.45) is -2.88. The molecule has 0 amide bonds. The van der Waals surface area contributed by atoms with Gasteiger partial charge in [-0.3, -0.25) is 4.98 Å². The van der Waals surface area contributed by atoms with Crippen LogP contribution in [0.2, 0.25) is 0 Å². The molecular formula is C14H8F3N3. The number of rotatable bonds is 2. The van der Waals surface area contributed by atoms with Gasteiger partial charge in [0.15, 0.2) is 5.71 Å². The largest absolute Gasteiger partial charge is 0.416 e. The second-order valence-corrected chi connectivity index (χ2v) is 3.83. The molecule has 1 aromatic heterocycles. The predicted molar refractivity (Wildman–Crippen MR) is 67.5 cm³/mol. The van der Waals surface area contributed by atoms with Crippen molar-refractivity contribution in [3.05, 3.63) is 59.9 Å². The van der Waals surface area contributed by atoms with E-state index in [0.717, 1.165) is 12.1 Å². The summed E-state index contributed by atoms with van der Waals surface area (Å²) in [5, 5.41) is 9.02. The quantitative estimate of drug-likeness (QED) is 0.784. The van der Waals surface area contributed by atoms with Crippen LogP contribution in [0.5, 0.6) is 0 Å². The highest BCUT2D eigenvalue weighted by Gasteiger charge is 2.29. The van der Waals surface area contributed by atoms with Crippen molar-refractivity contribution in [3.8, 4) is 6.07 Å². The van der Waals surface area contributed by atoms with E-state index in [2.05, 4.69) is 9.98 Å². The van der Waals surface area contributed by atoms with Crippen molar-refractivity contribution in [1.82, 2.24) is 4.98 Å². The fourth-order valence-electron chi connectivity index (χ4n) is 1.50. The van der Waals surface area contributed by atoms with Crippen LogP contribution >= 0.6 is 0 Å². The van der Waals surface area contributed by atoms with Crippen molar-refractivity contribution in [2.45, 2.75) is 6.18 Å². The van der Waals surface area contributed by atoms with Gasteiger partial charge >= 0.3 is 6.18 Å². The molecule has 20 heavy (non-hydrogen) atoms. The van der Waals surface area contributed by atoms with Gasteiger partial charge in [-0.2, -0.15) is 18.4 Å². The van der Waals surface area contributed by atoms with Crippen LogP contribution in [0.4, 0.5) is 18.9 Å². The SMILES string of the molecule is N#CC(=Nc1ccc(C(F)(F)F)cc1)c1ccccn1. The Morgan fingerprint density at radius 2 is 1.80 bits per heavy atom. The average Bonchev–Trinajstić information content (AvgIpc) is 2.45. The second-order valence-electron chi connectivity index (χ2n) is 3.83. The van der Waals surface area contributed by atoms with Gasteiger partial charge in [0, 0.05) is 6.20 Å². The normalized spacial score (nSPS) is 12.0. The van der Waals surface area contributed by atoms with Crippen molar-refractivity contribution in [2.75, 3.05) is 0 Å². The second kappa shape index (κ2) is 5.53. The van der Waals surface area contributed by atoms with E-state index in [1.807, 2.05) is 6.07 Å². The lowest BCUT2D eigenvalue weighted by Gasteiger charge is -2.06. The Balaban J connectivity index is 2.33. The molecule has 0 unspecified atom stereocenters. The fourth-order valence-corrected chi connectivity index (χ4v) is 1.50. The molecule has 1 aromatic carbocycles. The van der Waals surface area contributed by atoms with Crippen LogP contribution in [-0.4, -0.2) is 10.7 Å². The molecule has 0 N–H and O–H groups in total. The lowest BCUT2D eigenvalue weighted by Crippen LogP contribution is -2.04. The highest BCUT2D eigenvalue weighted by Crippen LogP contribution is 2.30. The maximum absolute atomic E-state index is 12.4. The molecule has 2 aromatic rings. The average molecular weight is 275 g/mol. The molecule has 2 rings (SSSR count). The maximum atomic E-state index is 12.4. The zero-order valence-corrected chi connectivity index (χ0v) is 10.1. The Bertz CT molecular complexity index is 653. The molecule has 0 aliphatic carbocycles. The molecule has 0 bridgehead atoms. The van der Waals surface area contributed by atoms with E-state index >= 15 is 0 Å². The van der Waals surface area contributed by atoms with Crippen molar-refractivity contribution < 1.29 is 13.2 Å². The third kappa shape index (κ3) is 3.20. The van der Waals surface area contributed by atoms with Gasteiger partial charge in [-0.15, -0.1) is 0 Å². The Labute approximate surface area is 113 Å². The molecule has 0 fully saturated rings. The highest BCUT2D eigenvalue weighted by atomic mass is 19.4. The van der Waals surface area contributed by atoms with E-state index in [9.17, 15) is 13.2 Å². The van der Waals surface area contributed by atoms with Crippen LogP contribution in [0.3, 0.4) is 0 Å². The standard InChI is InChI=1S/C14H8F3N3/c15-14(16,17)10-4-6-11(7-5-10)20-13(9-18)12-3-1-2-8-19-12/h1-8H. The van der Waals surface area contributed by atoms with Crippen molar-refractivity contribution in [1.29, 1.82) is 5.26 Å². The molecule has 0 aliphatic rings. The molecule has 0 atom stereocenters. The predicted octanol–water partition coefficient (Wildman–Crippen LogP) is 3.74. The van der Waals surface area contributed by atoms with Crippen LogP contribution in [0.15, 0.2) is 53.7 Å². The summed E-state index contributed by atoms with van der Waals surface area (Å²) in [6, 6.07) is 11.1. The van der Waals surface area contributed by atoms with E-state index in [-0.39, 0.29) is 11.4 Å². The molecule has 0 saturated heterocycles. The number of aliphatic imine (C=N–C) groups is 1. The van der Waals surface area contributed by atoms with Crippen LogP contribution in [0.25, 0.3) is 0 Å². The third-order valence-electron chi connectivity index (χ3n) is 2.45. The van der Waals surface area contributed by atoms with E-state index in [1.54, 1.807) is 18.2 Å². The third-order valence-corrected chi connectivity index (χ3v) is 2.45. The van der Waals surface area contributed by atoms with Gasteiger partial charge in [-0.1, -0.05) is 6.07 Å². The summed E-state index contributed by atoms with van der Waals surface area (Å²) in [4.78, 5) is 7.97. The minimum absolute atomic E-state index is 0.0466. The molecule has 6 heteroatoms. The van der Waals surface area contributed by atoms with Gasteiger partial charge in [-0.25, -0.2) is 4.99 Å². The molecule has 100 valence electrons. The topological polar surface area (TPSA) is 49.0 Å². The molecule has 0 radical (unpaired) electrons. The summed E-state index contributed by atoms with van der Waals surface area (Å²) in [6.45, 7) is 0. The summed E-state index contributed by atoms with van der Waals surface area (Å²) in [7, 11) is 0. The first-order valence-corrected chi connectivity index (χ1v) is 5.58. The van der Waals surface area contributed by atoms with Gasteiger partial charge in [0.2, 0.25) is 0 Å². The first kappa shape index (κ1) is 13.7. The summed E-state index contributed by atoms with van der Waals surface area (Å²) in [5.41, 5.74) is -0.0757. The first-order valence-electron chi connectivity index (χ1n) is 5.58. The zero-order valence-electron chi connectivity index (χ0n) is 10.1. The van der Waals surface area contributed by atoms with Gasteiger partial charge in [0.1, 0.15) is 6.07 Å². The monoisotopic (exact) mass is 275 g/mol. The van der Waals surface area contributed by atoms with Gasteiger partial charge in [0.05, 0.1) is 16.9 Å². The van der Waals surface area contributed by atoms with Crippen LogP contribution in [0.1, 0.15) is 11.3 Å². The Morgan fingerprint density at radius 1 is 1.10 bits per heavy atom. The summed E-state index contributed by atoms with van der Waals surface area (Å²) in [5.74, 6) is 0. The molecule has 1 heterocycles. The maximum Gasteiger partial charge on any atom is 0.416 e. The Hall–Kier alpha value is -2.68. The van der Waals surface area contributed by atoms with Crippen LogP contribution in [0, 0.1) is 11.3 Å². The Kier molecular flexibility index (Phi) is 3.80. The van der Waals surface area contributed by atoms with Gasteiger partial charge in [0.25, 0.3) is 0 Å².